The molecule has 21 heavy (non-hydrogen) atoms. The Hall–Kier alpha value is -2.34. The Morgan fingerprint density at radius 1 is 1.38 bits per heavy atom. The second-order valence-corrected chi connectivity index (χ2v) is 5.22. The number of nitrogens with zero attached hydrogens (tertiary/aromatic N) is 1. The molecule has 6 nitrogen and oxygen atoms in total. The molecule has 0 radical (unpaired) electrons. The van der Waals surface area contributed by atoms with Gasteiger partial charge in [0.05, 0.1) is 13.2 Å². The van der Waals surface area contributed by atoms with Crippen molar-refractivity contribution in [1.29, 1.82) is 0 Å². The summed E-state index contributed by atoms with van der Waals surface area (Å²) in [7, 11) is 0. The average Bonchev–Trinajstić information content (AvgIpc) is 2.89. The van der Waals surface area contributed by atoms with Gasteiger partial charge in [-0.15, -0.1) is 0 Å². The van der Waals surface area contributed by atoms with Crippen LogP contribution in [-0.4, -0.2) is 52.7 Å². The third-order valence-electron chi connectivity index (χ3n) is 3.64. The standard InChI is InChI=1S/C15H16N2O4/c1-9-2-3-10-7-12(16-11(10)6-9)14(18)17-4-5-21-13(8-17)15(19)20/h2-3,6-7,13,16H,4-5,8H2,1H3,(H,19,20). The minimum atomic E-state index is -1.04. The molecule has 2 aromatic rings. The third-order valence-corrected chi connectivity index (χ3v) is 3.64. The number of carboxylic acid groups (broad SMARTS) is 1. The van der Waals surface area contributed by atoms with Crippen molar-refractivity contribution in [3.8, 4) is 0 Å². The van der Waals surface area contributed by atoms with Crippen LogP contribution in [0.5, 0.6) is 0 Å². The van der Waals surface area contributed by atoms with E-state index < -0.39 is 12.1 Å². The zero-order valence-corrected chi connectivity index (χ0v) is 11.6. The van der Waals surface area contributed by atoms with Gasteiger partial charge in [0.15, 0.2) is 6.10 Å². The molecule has 0 spiro atoms. The van der Waals surface area contributed by atoms with E-state index in [1.807, 2.05) is 25.1 Å². The Kier molecular flexibility index (Phi) is 3.39. The molecule has 1 atom stereocenters. The number of amides is 1. The van der Waals surface area contributed by atoms with E-state index in [1.54, 1.807) is 6.07 Å². The largest absolute Gasteiger partial charge is 0.479 e. The van der Waals surface area contributed by atoms with Gasteiger partial charge in [-0.3, -0.25) is 4.79 Å². The van der Waals surface area contributed by atoms with E-state index in [9.17, 15) is 9.59 Å². The van der Waals surface area contributed by atoms with Crippen LogP contribution in [0.4, 0.5) is 0 Å². The summed E-state index contributed by atoms with van der Waals surface area (Å²) in [5.74, 6) is -1.24. The van der Waals surface area contributed by atoms with Crippen LogP contribution >= 0.6 is 0 Å². The first-order chi connectivity index (χ1) is 10.0. The SMILES string of the molecule is Cc1ccc2cc(C(=O)N3CCOC(C(=O)O)C3)[nH]c2c1. The number of morpholine rings is 1. The van der Waals surface area contributed by atoms with E-state index in [0.29, 0.717) is 12.2 Å². The highest BCUT2D eigenvalue weighted by Gasteiger charge is 2.30. The summed E-state index contributed by atoms with van der Waals surface area (Å²) in [4.78, 5) is 28.0. The summed E-state index contributed by atoms with van der Waals surface area (Å²) >= 11 is 0. The maximum Gasteiger partial charge on any atom is 0.334 e. The highest BCUT2D eigenvalue weighted by atomic mass is 16.5. The highest BCUT2D eigenvalue weighted by molar-refractivity contribution is 5.98. The van der Waals surface area contributed by atoms with Crippen LogP contribution in [0.25, 0.3) is 10.9 Å². The van der Waals surface area contributed by atoms with Crippen LogP contribution in [0.1, 0.15) is 16.1 Å². The summed E-state index contributed by atoms with van der Waals surface area (Å²) in [6, 6.07) is 7.71. The fourth-order valence-electron chi connectivity index (χ4n) is 2.51. The van der Waals surface area contributed by atoms with Crippen molar-refractivity contribution in [2.24, 2.45) is 0 Å². The Morgan fingerprint density at radius 2 is 2.19 bits per heavy atom. The minimum Gasteiger partial charge on any atom is -0.479 e. The monoisotopic (exact) mass is 288 g/mol. The second-order valence-electron chi connectivity index (χ2n) is 5.22. The van der Waals surface area contributed by atoms with E-state index in [0.717, 1.165) is 16.5 Å². The molecule has 2 heterocycles. The molecule has 0 aliphatic carbocycles. The number of carboxylic acids is 1. The van der Waals surface area contributed by atoms with Crippen LogP contribution in [0.2, 0.25) is 0 Å². The van der Waals surface area contributed by atoms with Gasteiger partial charge in [0.2, 0.25) is 0 Å². The Labute approximate surface area is 121 Å². The Balaban J connectivity index is 1.84. The number of aryl methyl sites for hydroxylation is 1. The van der Waals surface area contributed by atoms with Gasteiger partial charge in [0.1, 0.15) is 5.69 Å². The molecule has 1 aliphatic heterocycles. The van der Waals surface area contributed by atoms with E-state index in [-0.39, 0.29) is 19.1 Å². The number of aromatic amines is 1. The average molecular weight is 288 g/mol. The van der Waals surface area contributed by atoms with Crippen molar-refractivity contribution in [3.05, 3.63) is 35.5 Å². The number of hydrogen-bond acceptors (Lipinski definition) is 3. The maximum absolute atomic E-state index is 12.5. The summed E-state index contributed by atoms with van der Waals surface area (Å²) in [5.41, 5.74) is 2.49. The fraction of sp³-hybridized carbons (Fsp3) is 0.333. The molecule has 1 aromatic heterocycles. The minimum absolute atomic E-state index is 0.0720. The van der Waals surface area contributed by atoms with Crippen LogP contribution in [0, 0.1) is 6.92 Å². The van der Waals surface area contributed by atoms with Crippen LogP contribution < -0.4 is 0 Å². The lowest BCUT2D eigenvalue weighted by molar-refractivity contribution is -0.154. The highest BCUT2D eigenvalue weighted by Crippen LogP contribution is 2.19. The van der Waals surface area contributed by atoms with E-state index in [4.69, 9.17) is 9.84 Å². The van der Waals surface area contributed by atoms with Crippen LogP contribution in [0.3, 0.4) is 0 Å². The molecule has 1 aliphatic rings. The van der Waals surface area contributed by atoms with Gasteiger partial charge >= 0.3 is 5.97 Å². The first-order valence-corrected chi connectivity index (χ1v) is 6.77. The Bertz CT molecular complexity index is 707. The molecule has 2 N–H and O–H groups in total. The van der Waals surface area contributed by atoms with Crippen molar-refractivity contribution < 1.29 is 19.4 Å². The van der Waals surface area contributed by atoms with E-state index in [1.165, 1.54) is 4.90 Å². The van der Waals surface area contributed by atoms with Gasteiger partial charge in [-0.05, 0) is 24.6 Å². The molecule has 110 valence electrons. The van der Waals surface area contributed by atoms with Gasteiger partial charge in [-0.2, -0.15) is 0 Å². The number of aliphatic carboxylic acids is 1. The normalized spacial score (nSPS) is 18.9. The molecule has 1 amide bonds. The number of benzene rings is 1. The molecule has 1 unspecified atom stereocenters. The maximum atomic E-state index is 12.5. The quantitative estimate of drug-likeness (QED) is 0.875. The van der Waals surface area contributed by atoms with Crippen molar-refractivity contribution in [3.63, 3.8) is 0 Å². The fourth-order valence-corrected chi connectivity index (χ4v) is 2.51. The molecular formula is C15H16N2O4. The first kappa shape index (κ1) is 13.6. The lowest BCUT2D eigenvalue weighted by atomic mass is 10.2. The molecule has 0 bridgehead atoms. The zero-order valence-electron chi connectivity index (χ0n) is 11.6. The summed E-state index contributed by atoms with van der Waals surface area (Å²) < 4.78 is 5.13. The second kappa shape index (κ2) is 5.21. The van der Waals surface area contributed by atoms with Crippen LogP contribution in [0.15, 0.2) is 24.3 Å². The molecule has 1 saturated heterocycles. The molecular weight excluding hydrogens is 272 g/mol. The van der Waals surface area contributed by atoms with Gasteiger partial charge in [0, 0.05) is 17.4 Å². The topological polar surface area (TPSA) is 82.6 Å². The van der Waals surface area contributed by atoms with Gasteiger partial charge < -0.3 is 19.7 Å². The third kappa shape index (κ3) is 2.62. The lowest BCUT2D eigenvalue weighted by Crippen LogP contribution is -2.48. The number of carbonyl (C=O) groups is 2. The van der Waals surface area contributed by atoms with E-state index in [2.05, 4.69) is 4.98 Å². The number of fused-ring (bicyclic) bond motifs is 1. The molecule has 6 heteroatoms. The van der Waals surface area contributed by atoms with Gasteiger partial charge in [0.25, 0.3) is 5.91 Å². The molecule has 0 saturated carbocycles. The number of hydrogen-bond donors (Lipinski definition) is 2. The lowest BCUT2D eigenvalue weighted by Gasteiger charge is -2.30. The number of aromatic nitrogens is 1. The Morgan fingerprint density at radius 3 is 2.95 bits per heavy atom. The number of rotatable bonds is 2. The van der Waals surface area contributed by atoms with Crippen molar-refractivity contribution in [1.82, 2.24) is 9.88 Å². The number of nitrogens with one attached hydrogen (secondary N) is 1. The zero-order chi connectivity index (χ0) is 15.0. The summed E-state index contributed by atoms with van der Waals surface area (Å²) in [6.45, 7) is 2.70. The first-order valence-electron chi connectivity index (χ1n) is 6.77. The van der Waals surface area contributed by atoms with Crippen LogP contribution in [-0.2, 0) is 9.53 Å². The number of carbonyl (C=O) groups excluding carboxylic acids is 1. The summed E-state index contributed by atoms with van der Waals surface area (Å²) in [6.07, 6.45) is -0.950. The summed E-state index contributed by atoms with van der Waals surface area (Å²) in [5, 5.41) is 9.95. The molecule has 3 rings (SSSR count). The van der Waals surface area contributed by atoms with Crippen molar-refractivity contribution in [2.45, 2.75) is 13.0 Å². The predicted octanol–water partition coefficient (Wildman–Crippen LogP) is 1.40. The van der Waals surface area contributed by atoms with Crippen molar-refractivity contribution in [2.75, 3.05) is 19.7 Å². The molecule has 1 aromatic carbocycles. The van der Waals surface area contributed by atoms with E-state index >= 15 is 0 Å². The van der Waals surface area contributed by atoms with Gasteiger partial charge in [-0.1, -0.05) is 12.1 Å². The molecule has 1 fully saturated rings. The number of H-pyrrole nitrogens is 1. The smallest absolute Gasteiger partial charge is 0.334 e. The number of ether oxygens (including phenoxy) is 1. The van der Waals surface area contributed by atoms with Gasteiger partial charge in [-0.25, -0.2) is 4.79 Å². The predicted molar refractivity (Wildman–Crippen MR) is 76.3 cm³/mol. The van der Waals surface area contributed by atoms with Crippen molar-refractivity contribution >= 4 is 22.8 Å².